The van der Waals surface area contributed by atoms with Gasteiger partial charge in [0.25, 0.3) is 0 Å². The average Bonchev–Trinajstić information content (AvgIpc) is 2.79. The number of rotatable bonds is 4. The number of hydrogen-bond acceptors (Lipinski definition) is 2. The van der Waals surface area contributed by atoms with Crippen molar-refractivity contribution in [3.63, 3.8) is 0 Å². The van der Waals surface area contributed by atoms with Crippen LogP contribution in [0.4, 0.5) is 0 Å². The molecule has 0 spiro atoms. The van der Waals surface area contributed by atoms with Gasteiger partial charge in [-0.25, -0.2) is 0 Å². The molecular formula is C13H17ClOS. The van der Waals surface area contributed by atoms with Gasteiger partial charge in [0.05, 0.1) is 6.61 Å². The molecule has 1 aliphatic rings. The van der Waals surface area contributed by atoms with Crippen molar-refractivity contribution in [1.29, 1.82) is 0 Å². The topological polar surface area (TPSA) is 20.2 Å². The summed E-state index contributed by atoms with van der Waals surface area (Å²) in [6.45, 7) is 0.0202. The van der Waals surface area contributed by atoms with Crippen molar-refractivity contribution in [3.05, 3.63) is 28.8 Å². The first-order valence-electron chi connectivity index (χ1n) is 5.81. The van der Waals surface area contributed by atoms with Gasteiger partial charge in [-0.15, -0.1) is 11.8 Å². The lowest BCUT2D eigenvalue weighted by molar-refractivity contribution is 0.282. The summed E-state index contributed by atoms with van der Waals surface area (Å²) in [5, 5.41) is 9.70. The van der Waals surface area contributed by atoms with Gasteiger partial charge < -0.3 is 5.11 Å². The van der Waals surface area contributed by atoms with Crippen molar-refractivity contribution < 1.29 is 5.11 Å². The minimum atomic E-state index is 0.0202. The molecule has 1 N–H and O–H groups in total. The molecule has 88 valence electrons. The van der Waals surface area contributed by atoms with Crippen LogP contribution in [0.2, 0.25) is 5.02 Å². The van der Waals surface area contributed by atoms with Crippen LogP contribution >= 0.6 is 23.4 Å². The highest BCUT2D eigenvalue weighted by atomic mass is 35.5. The first-order chi connectivity index (χ1) is 7.79. The van der Waals surface area contributed by atoms with Gasteiger partial charge in [0, 0.05) is 15.7 Å². The van der Waals surface area contributed by atoms with E-state index in [0.29, 0.717) is 5.02 Å². The third-order valence-electron chi connectivity index (χ3n) is 3.16. The number of aliphatic hydroxyl groups excluding tert-OH is 1. The third kappa shape index (κ3) is 3.16. The van der Waals surface area contributed by atoms with E-state index in [1.54, 1.807) is 0 Å². The predicted octanol–water partition coefficient (Wildman–Crippen LogP) is 4.11. The molecule has 16 heavy (non-hydrogen) atoms. The molecule has 2 rings (SSSR count). The lowest BCUT2D eigenvalue weighted by Crippen LogP contribution is -1.96. The maximum atomic E-state index is 9.02. The molecule has 0 unspecified atom stereocenters. The van der Waals surface area contributed by atoms with Crippen LogP contribution in [0.3, 0.4) is 0 Å². The van der Waals surface area contributed by atoms with Gasteiger partial charge in [0.1, 0.15) is 0 Å². The monoisotopic (exact) mass is 256 g/mol. The molecule has 0 heterocycles. The van der Waals surface area contributed by atoms with Crippen molar-refractivity contribution >= 4 is 23.4 Å². The zero-order valence-electron chi connectivity index (χ0n) is 9.29. The molecular weight excluding hydrogens is 240 g/mol. The van der Waals surface area contributed by atoms with E-state index >= 15 is 0 Å². The SMILES string of the molecule is OCc1ccc(SCC2CCCC2)cc1Cl. The first kappa shape index (κ1) is 12.3. The Morgan fingerprint density at radius 3 is 2.69 bits per heavy atom. The molecule has 0 aromatic heterocycles. The molecule has 0 saturated heterocycles. The fraction of sp³-hybridized carbons (Fsp3) is 0.538. The second-order valence-electron chi connectivity index (χ2n) is 4.37. The molecule has 1 saturated carbocycles. The van der Waals surface area contributed by atoms with Crippen molar-refractivity contribution in [2.24, 2.45) is 5.92 Å². The van der Waals surface area contributed by atoms with Crippen LogP contribution in [0, 0.1) is 5.92 Å². The van der Waals surface area contributed by atoms with Gasteiger partial charge in [-0.2, -0.15) is 0 Å². The summed E-state index contributed by atoms with van der Waals surface area (Å²) in [5.74, 6) is 2.09. The van der Waals surface area contributed by atoms with Crippen LogP contribution in [-0.2, 0) is 6.61 Å². The Balaban J connectivity index is 1.91. The highest BCUT2D eigenvalue weighted by Gasteiger charge is 2.15. The van der Waals surface area contributed by atoms with Crippen molar-refractivity contribution in [3.8, 4) is 0 Å². The van der Waals surface area contributed by atoms with Crippen molar-refractivity contribution in [2.75, 3.05) is 5.75 Å². The van der Waals surface area contributed by atoms with E-state index in [1.807, 2.05) is 23.9 Å². The zero-order chi connectivity index (χ0) is 11.4. The number of benzene rings is 1. The lowest BCUT2D eigenvalue weighted by atomic mass is 10.1. The van der Waals surface area contributed by atoms with E-state index in [1.165, 1.54) is 36.3 Å². The summed E-state index contributed by atoms with van der Waals surface area (Å²) in [4.78, 5) is 1.22. The van der Waals surface area contributed by atoms with Crippen LogP contribution in [0.15, 0.2) is 23.1 Å². The number of aliphatic hydroxyl groups is 1. The summed E-state index contributed by atoms with van der Waals surface area (Å²) in [6, 6.07) is 5.93. The Bertz CT molecular complexity index is 348. The zero-order valence-corrected chi connectivity index (χ0v) is 10.9. The normalized spacial score (nSPS) is 16.9. The molecule has 0 bridgehead atoms. The molecule has 1 aromatic rings. The lowest BCUT2D eigenvalue weighted by Gasteiger charge is -2.09. The van der Waals surface area contributed by atoms with E-state index in [2.05, 4.69) is 6.07 Å². The fourth-order valence-electron chi connectivity index (χ4n) is 2.14. The van der Waals surface area contributed by atoms with E-state index in [9.17, 15) is 0 Å². The predicted molar refractivity (Wildman–Crippen MR) is 70.1 cm³/mol. The molecule has 0 radical (unpaired) electrons. The van der Waals surface area contributed by atoms with E-state index in [0.717, 1.165) is 11.5 Å². The van der Waals surface area contributed by atoms with E-state index in [4.69, 9.17) is 16.7 Å². The largest absolute Gasteiger partial charge is 0.392 e. The molecule has 0 aliphatic heterocycles. The third-order valence-corrected chi connectivity index (χ3v) is 4.73. The van der Waals surface area contributed by atoms with Crippen LogP contribution in [0.1, 0.15) is 31.2 Å². The van der Waals surface area contributed by atoms with Gasteiger partial charge >= 0.3 is 0 Å². The Morgan fingerprint density at radius 1 is 1.31 bits per heavy atom. The van der Waals surface area contributed by atoms with E-state index in [-0.39, 0.29) is 6.61 Å². The van der Waals surface area contributed by atoms with Gasteiger partial charge in [0.15, 0.2) is 0 Å². The highest BCUT2D eigenvalue weighted by molar-refractivity contribution is 7.99. The van der Waals surface area contributed by atoms with Crippen molar-refractivity contribution in [1.82, 2.24) is 0 Å². The summed E-state index contributed by atoms with van der Waals surface area (Å²) in [5.41, 5.74) is 0.812. The second kappa shape index (κ2) is 5.95. The van der Waals surface area contributed by atoms with E-state index < -0.39 is 0 Å². The summed E-state index contributed by atoms with van der Waals surface area (Å²) in [7, 11) is 0. The van der Waals surface area contributed by atoms with Crippen LogP contribution in [0.25, 0.3) is 0 Å². The Labute approximate surface area is 106 Å². The summed E-state index contributed by atoms with van der Waals surface area (Å²) >= 11 is 7.94. The minimum absolute atomic E-state index is 0.0202. The molecule has 0 amide bonds. The van der Waals surface area contributed by atoms with Crippen LogP contribution in [-0.4, -0.2) is 10.9 Å². The van der Waals surface area contributed by atoms with Gasteiger partial charge in [-0.1, -0.05) is 30.5 Å². The average molecular weight is 257 g/mol. The number of halogens is 1. The maximum Gasteiger partial charge on any atom is 0.0696 e. The molecule has 0 atom stereocenters. The number of hydrogen-bond donors (Lipinski definition) is 1. The Hall–Kier alpha value is -0.180. The fourth-order valence-corrected chi connectivity index (χ4v) is 3.57. The molecule has 1 nitrogen and oxygen atoms in total. The second-order valence-corrected chi connectivity index (χ2v) is 5.87. The smallest absolute Gasteiger partial charge is 0.0696 e. The van der Waals surface area contributed by atoms with Crippen molar-refractivity contribution in [2.45, 2.75) is 37.2 Å². The standard InChI is InChI=1S/C13H17ClOS/c14-13-7-12(6-5-11(13)8-15)16-9-10-3-1-2-4-10/h5-7,10,15H,1-4,8-9H2. The van der Waals surface area contributed by atoms with Crippen LogP contribution < -0.4 is 0 Å². The van der Waals surface area contributed by atoms with Gasteiger partial charge in [-0.3, -0.25) is 0 Å². The van der Waals surface area contributed by atoms with Gasteiger partial charge in [-0.05, 0) is 36.5 Å². The van der Waals surface area contributed by atoms with Gasteiger partial charge in [0.2, 0.25) is 0 Å². The summed E-state index contributed by atoms with van der Waals surface area (Å²) < 4.78 is 0. The quantitative estimate of drug-likeness (QED) is 0.818. The Morgan fingerprint density at radius 2 is 2.06 bits per heavy atom. The number of thioether (sulfide) groups is 1. The summed E-state index contributed by atoms with van der Waals surface area (Å²) in [6.07, 6.45) is 5.57. The highest BCUT2D eigenvalue weighted by Crippen LogP contribution is 2.32. The molecule has 3 heteroatoms. The Kier molecular flexibility index (Phi) is 4.56. The molecule has 1 aliphatic carbocycles. The van der Waals surface area contributed by atoms with Crippen LogP contribution in [0.5, 0.6) is 0 Å². The molecule has 1 fully saturated rings. The minimum Gasteiger partial charge on any atom is -0.392 e. The molecule has 1 aromatic carbocycles. The maximum absolute atomic E-state index is 9.02. The first-order valence-corrected chi connectivity index (χ1v) is 7.18.